The van der Waals surface area contributed by atoms with E-state index in [-0.39, 0.29) is 0 Å². The van der Waals surface area contributed by atoms with Crippen LogP contribution in [-0.4, -0.2) is 40.4 Å². The minimum absolute atomic E-state index is 0.611. The second-order valence-corrected chi connectivity index (χ2v) is 4.74. The number of aromatic nitrogens is 4. The van der Waals surface area contributed by atoms with Crippen molar-refractivity contribution in [3.63, 3.8) is 0 Å². The average Bonchev–Trinajstić information content (AvgIpc) is 3.11. The summed E-state index contributed by atoms with van der Waals surface area (Å²) in [5.74, 6) is 2.28. The van der Waals surface area contributed by atoms with Gasteiger partial charge in [0, 0.05) is 6.42 Å². The number of para-hydroxylation sites is 2. The molecule has 1 unspecified atom stereocenters. The van der Waals surface area contributed by atoms with Gasteiger partial charge in [0.05, 0.1) is 7.11 Å². The molecule has 0 bridgehead atoms. The molecule has 1 aliphatic rings. The standard InChI is InChI=1S/C13H17N5O/c1-19-12-5-3-2-4-11(12)18-13(15-16-17-18)8-10-6-7-14-9-10/h2-5,10,14H,6-9H2,1H3. The molecule has 0 saturated carbocycles. The fraction of sp³-hybridized carbons (Fsp3) is 0.462. The van der Waals surface area contributed by atoms with Gasteiger partial charge in [0.1, 0.15) is 11.4 Å². The zero-order valence-electron chi connectivity index (χ0n) is 10.9. The summed E-state index contributed by atoms with van der Waals surface area (Å²) in [6, 6.07) is 7.78. The number of tetrazole rings is 1. The Hall–Kier alpha value is -1.95. The van der Waals surface area contributed by atoms with Crippen LogP contribution in [0.15, 0.2) is 24.3 Å². The van der Waals surface area contributed by atoms with Crippen LogP contribution >= 0.6 is 0 Å². The summed E-state index contributed by atoms with van der Waals surface area (Å²) < 4.78 is 7.14. The molecule has 1 saturated heterocycles. The lowest BCUT2D eigenvalue weighted by molar-refractivity contribution is 0.410. The summed E-state index contributed by atoms with van der Waals surface area (Å²) >= 11 is 0. The number of nitrogens with one attached hydrogen (secondary N) is 1. The van der Waals surface area contributed by atoms with Gasteiger partial charge in [0.2, 0.25) is 0 Å². The monoisotopic (exact) mass is 259 g/mol. The van der Waals surface area contributed by atoms with E-state index in [4.69, 9.17) is 4.74 Å². The molecule has 1 atom stereocenters. The Kier molecular flexibility index (Phi) is 3.41. The topological polar surface area (TPSA) is 64.9 Å². The van der Waals surface area contributed by atoms with Gasteiger partial charge in [-0.2, -0.15) is 4.68 Å². The molecule has 0 spiro atoms. The quantitative estimate of drug-likeness (QED) is 0.880. The summed E-state index contributed by atoms with van der Waals surface area (Å²) in [5, 5.41) is 15.4. The van der Waals surface area contributed by atoms with Crippen LogP contribution in [0.2, 0.25) is 0 Å². The predicted octanol–water partition coefficient (Wildman–Crippen LogP) is 0.823. The van der Waals surface area contributed by atoms with E-state index in [2.05, 4.69) is 20.8 Å². The van der Waals surface area contributed by atoms with E-state index in [9.17, 15) is 0 Å². The third-order valence-corrected chi connectivity index (χ3v) is 3.48. The van der Waals surface area contributed by atoms with Crippen molar-refractivity contribution in [2.24, 2.45) is 5.92 Å². The van der Waals surface area contributed by atoms with Crippen LogP contribution in [0.4, 0.5) is 0 Å². The van der Waals surface area contributed by atoms with Gasteiger partial charge in [-0.15, -0.1) is 5.10 Å². The first kappa shape index (κ1) is 12.1. The number of rotatable bonds is 4. The summed E-state index contributed by atoms with van der Waals surface area (Å²) in [4.78, 5) is 0. The Labute approximate surface area is 111 Å². The summed E-state index contributed by atoms with van der Waals surface area (Å²) in [6.07, 6.45) is 2.07. The van der Waals surface area contributed by atoms with Crippen LogP contribution in [0.3, 0.4) is 0 Å². The number of nitrogens with zero attached hydrogens (tertiary/aromatic N) is 4. The first-order valence-corrected chi connectivity index (χ1v) is 6.50. The number of hydrogen-bond donors (Lipinski definition) is 1. The molecule has 2 heterocycles. The van der Waals surface area contributed by atoms with Gasteiger partial charge in [0.15, 0.2) is 5.82 Å². The number of hydrogen-bond acceptors (Lipinski definition) is 5. The molecule has 6 heteroatoms. The molecule has 3 rings (SSSR count). The normalized spacial score (nSPS) is 18.7. The lowest BCUT2D eigenvalue weighted by Crippen LogP contribution is -2.14. The van der Waals surface area contributed by atoms with Gasteiger partial charge in [-0.05, 0) is 48.0 Å². The Balaban J connectivity index is 1.90. The largest absolute Gasteiger partial charge is 0.494 e. The van der Waals surface area contributed by atoms with E-state index in [1.165, 1.54) is 6.42 Å². The van der Waals surface area contributed by atoms with E-state index >= 15 is 0 Å². The van der Waals surface area contributed by atoms with Crippen molar-refractivity contribution in [1.29, 1.82) is 0 Å². The number of benzene rings is 1. The Morgan fingerprint density at radius 2 is 2.32 bits per heavy atom. The lowest BCUT2D eigenvalue weighted by atomic mass is 10.0. The summed E-state index contributed by atoms with van der Waals surface area (Å²) in [6.45, 7) is 2.12. The second kappa shape index (κ2) is 5.36. The van der Waals surface area contributed by atoms with Gasteiger partial charge in [-0.25, -0.2) is 0 Å². The highest BCUT2D eigenvalue weighted by atomic mass is 16.5. The summed E-state index contributed by atoms with van der Waals surface area (Å²) in [7, 11) is 1.66. The van der Waals surface area contributed by atoms with E-state index in [1.807, 2.05) is 24.3 Å². The highest BCUT2D eigenvalue weighted by molar-refractivity contribution is 5.46. The van der Waals surface area contributed by atoms with Gasteiger partial charge in [0.25, 0.3) is 0 Å². The molecule has 0 aliphatic carbocycles. The minimum Gasteiger partial charge on any atom is -0.494 e. The molecule has 2 aromatic rings. The fourth-order valence-corrected chi connectivity index (χ4v) is 2.47. The first-order valence-electron chi connectivity index (χ1n) is 6.50. The average molecular weight is 259 g/mol. The molecule has 1 aliphatic heterocycles. The third kappa shape index (κ3) is 2.44. The van der Waals surface area contributed by atoms with E-state index in [0.717, 1.165) is 36.8 Å². The zero-order chi connectivity index (χ0) is 13.1. The van der Waals surface area contributed by atoms with Crippen molar-refractivity contribution in [2.75, 3.05) is 20.2 Å². The van der Waals surface area contributed by atoms with Crippen molar-refractivity contribution in [3.8, 4) is 11.4 Å². The highest BCUT2D eigenvalue weighted by Crippen LogP contribution is 2.23. The molecular formula is C13H17N5O. The smallest absolute Gasteiger partial charge is 0.157 e. The van der Waals surface area contributed by atoms with Crippen molar-refractivity contribution in [2.45, 2.75) is 12.8 Å². The minimum atomic E-state index is 0.611. The van der Waals surface area contributed by atoms with Crippen molar-refractivity contribution in [1.82, 2.24) is 25.5 Å². The van der Waals surface area contributed by atoms with Gasteiger partial charge in [-0.1, -0.05) is 12.1 Å². The molecule has 1 aromatic heterocycles. The fourth-order valence-electron chi connectivity index (χ4n) is 2.47. The lowest BCUT2D eigenvalue weighted by Gasteiger charge is -2.11. The van der Waals surface area contributed by atoms with Gasteiger partial charge in [-0.3, -0.25) is 0 Å². The molecule has 19 heavy (non-hydrogen) atoms. The van der Waals surface area contributed by atoms with Crippen LogP contribution in [0.25, 0.3) is 5.69 Å². The first-order chi connectivity index (χ1) is 9.38. The Morgan fingerprint density at radius 3 is 3.11 bits per heavy atom. The Bertz CT molecular complexity index is 547. The van der Waals surface area contributed by atoms with E-state index < -0.39 is 0 Å². The maximum Gasteiger partial charge on any atom is 0.157 e. The molecular weight excluding hydrogens is 242 g/mol. The van der Waals surface area contributed by atoms with Gasteiger partial charge >= 0.3 is 0 Å². The van der Waals surface area contributed by atoms with Gasteiger partial charge < -0.3 is 10.1 Å². The molecule has 1 fully saturated rings. The van der Waals surface area contributed by atoms with E-state index in [1.54, 1.807) is 11.8 Å². The molecule has 6 nitrogen and oxygen atoms in total. The predicted molar refractivity (Wildman–Crippen MR) is 70.4 cm³/mol. The number of methoxy groups -OCH3 is 1. The Morgan fingerprint density at radius 1 is 1.42 bits per heavy atom. The van der Waals surface area contributed by atoms with Crippen LogP contribution < -0.4 is 10.1 Å². The molecule has 0 radical (unpaired) electrons. The van der Waals surface area contributed by atoms with Crippen molar-refractivity contribution >= 4 is 0 Å². The maximum absolute atomic E-state index is 5.37. The molecule has 100 valence electrons. The van der Waals surface area contributed by atoms with Crippen LogP contribution in [0.5, 0.6) is 5.75 Å². The van der Waals surface area contributed by atoms with Crippen molar-refractivity contribution < 1.29 is 4.74 Å². The molecule has 1 N–H and O–H groups in total. The highest BCUT2D eigenvalue weighted by Gasteiger charge is 2.20. The third-order valence-electron chi connectivity index (χ3n) is 3.48. The van der Waals surface area contributed by atoms with E-state index in [0.29, 0.717) is 5.92 Å². The maximum atomic E-state index is 5.37. The summed E-state index contributed by atoms with van der Waals surface area (Å²) in [5.41, 5.74) is 0.885. The zero-order valence-corrected chi connectivity index (χ0v) is 10.9. The second-order valence-electron chi connectivity index (χ2n) is 4.74. The number of ether oxygens (including phenoxy) is 1. The van der Waals surface area contributed by atoms with Crippen LogP contribution in [0, 0.1) is 5.92 Å². The molecule has 1 aromatic carbocycles. The van der Waals surface area contributed by atoms with Crippen molar-refractivity contribution in [3.05, 3.63) is 30.1 Å². The molecule has 0 amide bonds. The SMILES string of the molecule is COc1ccccc1-n1nnnc1CC1CCNC1. The van der Waals surface area contributed by atoms with Crippen LogP contribution in [-0.2, 0) is 6.42 Å². The van der Waals surface area contributed by atoms with Crippen LogP contribution in [0.1, 0.15) is 12.2 Å².